The number of unbranched alkanes of at least 4 members (excludes halogenated alkanes) is 46. The second kappa shape index (κ2) is 58.6. The van der Waals surface area contributed by atoms with Crippen molar-refractivity contribution in [3.8, 4) is 0 Å². The number of carbonyl (C=O) groups is 1. The van der Waals surface area contributed by atoms with Crippen LogP contribution in [0.3, 0.4) is 0 Å². The van der Waals surface area contributed by atoms with E-state index in [1.54, 1.807) is 6.08 Å². The summed E-state index contributed by atoms with van der Waals surface area (Å²) in [5, 5.41) is 54.7. The molecule has 0 aromatic heterocycles. The highest BCUT2D eigenvalue weighted by molar-refractivity contribution is 5.76. The molecule has 1 aliphatic heterocycles. The normalized spacial score (nSPS) is 18.8. The summed E-state index contributed by atoms with van der Waals surface area (Å²) in [6.45, 7) is 3.81. The first-order valence-corrected chi connectivity index (χ1v) is 34.2. The first-order chi connectivity index (χ1) is 38.3. The van der Waals surface area contributed by atoms with Gasteiger partial charge in [0.1, 0.15) is 24.4 Å². The van der Waals surface area contributed by atoms with Crippen LogP contribution in [-0.2, 0) is 14.3 Å². The number of rotatable bonds is 60. The molecule has 1 rings (SSSR count). The minimum Gasteiger partial charge on any atom is -0.394 e. The van der Waals surface area contributed by atoms with Gasteiger partial charge in [0, 0.05) is 6.42 Å². The Morgan fingerprint density at radius 2 is 0.731 bits per heavy atom. The number of allylic oxidation sites excluding steroid dienone is 5. The minimum atomic E-state index is -1.57. The summed E-state index contributed by atoms with van der Waals surface area (Å²) in [6.07, 6.45) is 71.1. The highest BCUT2D eigenvalue weighted by Gasteiger charge is 2.44. The van der Waals surface area contributed by atoms with Gasteiger partial charge in [-0.25, -0.2) is 0 Å². The van der Waals surface area contributed by atoms with Crippen molar-refractivity contribution in [1.29, 1.82) is 0 Å². The van der Waals surface area contributed by atoms with E-state index in [2.05, 4.69) is 43.5 Å². The van der Waals surface area contributed by atoms with Gasteiger partial charge in [0.2, 0.25) is 5.91 Å². The Morgan fingerprint density at radius 3 is 1.08 bits per heavy atom. The van der Waals surface area contributed by atoms with Crippen LogP contribution in [0.5, 0.6) is 0 Å². The topological polar surface area (TPSA) is 149 Å². The number of carbonyl (C=O) groups excluding carboxylic acids is 1. The van der Waals surface area contributed by atoms with Crippen LogP contribution in [0.1, 0.15) is 341 Å². The molecule has 0 saturated carbocycles. The number of ether oxygens (including phenoxy) is 2. The fourth-order valence-corrected chi connectivity index (χ4v) is 11.1. The van der Waals surface area contributed by atoms with E-state index in [0.717, 1.165) is 38.5 Å². The van der Waals surface area contributed by atoms with Crippen molar-refractivity contribution in [2.45, 2.75) is 384 Å². The number of nitrogens with one attached hydrogen (secondary N) is 1. The van der Waals surface area contributed by atoms with Gasteiger partial charge in [-0.05, 0) is 57.8 Å². The zero-order valence-corrected chi connectivity index (χ0v) is 51.4. The van der Waals surface area contributed by atoms with E-state index in [1.165, 1.54) is 283 Å². The number of amides is 1. The molecule has 1 aliphatic rings. The Balaban J connectivity index is 2.15. The maximum atomic E-state index is 13.1. The van der Waals surface area contributed by atoms with Gasteiger partial charge in [-0.2, -0.15) is 0 Å². The Labute approximate surface area is 482 Å². The lowest BCUT2D eigenvalue weighted by molar-refractivity contribution is -0.302. The smallest absolute Gasteiger partial charge is 0.220 e. The van der Waals surface area contributed by atoms with Gasteiger partial charge in [0.15, 0.2) is 6.29 Å². The van der Waals surface area contributed by atoms with Gasteiger partial charge in [-0.15, -0.1) is 0 Å². The van der Waals surface area contributed by atoms with Crippen molar-refractivity contribution >= 4 is 5.91 Å². The molecule has 460 valence electrons. The first-order valence-electron chi connectivity index (χ1n) is 34.2. The molecular weight excluding hydrogens is 971 g/mol. The molecule has 1 heterocycles. The van der Waals surface area contributed by atoms with Crippen LogP contribution in [0.2, 0.25) is 0 Å². The SMILES string of the molecule is CCCCCCCCCC/C=C\CCCCCCCCCCCCCC(=O)NC(COC1OC(CO)C(O)C(O)C1O)C(O)/C=C/CC/C=C/CCCCCCCCCCCCCCCCCCCCCCCCCCCC. The second-order valence-corrected chi connectivity index (χ2v) is 24.0. The molecule has 9 nitrogen and oxygen atoms in total. The van der Waals surface area contributed by atoms with E-state index in [0.29, 0.717) is 6.42 Å². The molecule has 0 aromatic carbocycles. The molecule has 9 heteroatoms. The number of hydrogen-bond donors (Lipinski definition) is 6. The summed E-state index contributed by atoms with van der Waals surface area (Å²) in [5.74, 6) is -0.183. The lowest BCUT2D eigenvalue weighted by Crippen LogP contribution is -2.60. The predicted octanol–water partition coefficient (Wildman–Crippen LogP) is 18.3. The van der Waals surface area contributed by atoms with E-state index >= 15 is 0 Å². The molecule has 0 bridgehead atoms. The van der Waals surface area contributed by atoms with Crippen LogP contribution in [0.4, 0.5) is 0 Å². The largest absolute Gasteiger partial charge is 0.394 e. The summed E-state index contributed by atoms with van der Waals surface area (Å²) in [5.41, 5.74) is 0. The summed E-state index contributed by atoms with van der Waals surface area (Å²) < 4.78 is 11.3. The van der Waals surface area contributed by atoms with Gasteiger partial charge >= 0.3 is 0 Å². The summed E-state index contributed by atoms with van der Waals surface area (Å²) in [4.78, 5) is 13.1. The molecule has 7 unspecified atom stereocenters. The third kappa shape index (κ3) is 47.0. The van der Waals surface area contributed by atoms with Crippen LogP contribution >= 0.6 is 0 Å². The summed E-state index contributed by atoms with van der Waals surface area (Å²) in [6, 6.07) is -0.823. The summed E-state index contributed by atoms with van der Waals surface area (Å²) >= 11 is 0. The monoisotopic (exact) mass is 1100 g/mol. The zero-order valence-electron chi connectivity index (χ0n) is 51.4. The molecule has 0 aromatic rings. The van der Waals surface area contributed by atoms with Crippen LogP contribution < -0.4 is 5.32 Å². The average Bonchev–Trinajstić information content (AvgIpc) is 3.45. The van der Waals surface area contributed by atoms with Gasteiger partial charge in [-0.3, -0.25) is 4.79 Å². The van der Waals surface area contributed by atoms with Crippen LogP contribution in [0.15, 0.2) is 36.5 Å². The van der Waals surface area contributed by atoms with Crippen LogP contribution in [0, 0.1) is 0 Å². The molecule has 0 radical (unpaired) electrons. The Bertz CT molecular complexity index is 1320. The fraction of sp³-hybridized carbons (Fsp3) is 0.899. The molecular formula is C69H131NO8. The number of aliphatic hydroxyl groups is 5. The third-order valence-electron chi connectivity index (χ3n) is 16.4. The molecule has 1 amide bonds. The second-order valence-electron chi connectivity index (χ2n) is 24.0. The van der Waals surface area contributed by atoms with Crippen molar-refractivity contribution in [3.05, 3.63) is 36.5 Å². The molecule has 1 fully saturated rings. The van der Waals surface area contributed by atoms with Crippen molar-refractivity contribution < 1.29 is 39.8 Å². The third-order valence-corrected chi connectivity index (χ3v) is 16.4. The van der Waals surface area contributed by atoms with Crippen molar-refractivity contribution in [3.63, 3.8) is 0 Å². The molecule has 1 saturated heterocycles. The van der Waals surface area contributed by atoms with Gasteiger partial charge in [0.05, 0.1) is 25.4 Å². The summed E-state index contributed by atoms with van der Waals surface area (Å²) in [7, 11) is 0. The standard InChI is InChI=1S/C69H131NO8/c1-3-5-7-9-11-13-15-17-19-21-23-25-27-28-29-30-31-32-33-34-35-37-38-40-42-44-46-48-50-52-54-56-58-63(72)62(61-77-69-68(76)67(75)66(74)64(60-71)78-69)70-65(73)59-57-55-53-51-49-47-45-43-41-39-36-26-24-22-20-18-16-14-12-10-8-6-4-2/h22,24,48,50,56,58,62-64,66-69,71-72,74-76H,3-21,23,25-47,49,51-55,57,59-61H2,1-2H3,(H,70,73)/b24-22-,50-48+,58-56+. The van der Waals surface area contributed by atoms with E-state index in [1.807, 2.05) is 6.08 Å². The maximum Gasteiger partial charge on any atom is 0.220 e. The van der Waals surface area contributed by atoms with Crippen molar-refractivity contribution in [1.82, 2.24) is 5.32 Å². The lowest BCUT2D eigenvalue weighted by atomic mass is 9.99. The quantitative estimate of drug-likeness (QED) is 0.0261. The van der Waals surface area contributed by atoms with E-state index in [-0.39, 0.29) is 12.5 Å². The highest BCUT2D eigenvalue weighted by Crippen LogP contribution is 2.23. The Hall–Kier alpha value is -1.59. The predicted molar refractivity (Wildman–Crippen MR) is 332 cm³/mol. The van der Waals surface area contributed by atoms with E-state index in [9.17, 15) is 30.3 Å². The Kier molecular flexibility index (Phi) is 55.9. The van der Waals surface area contributed by atoms with E-state index in [4.69, 9.17) is 9.47 Å². The van der Waals surface area contributed by atoms with Crippen molar-refractivity contribution in [2.24, 2.45) is 0 Å². The lowest BCUT2D eigenvalue weighted by Gasteiger charge is -2.40. The molecule has 6 N–H and O–H groups in total. The van der Waals surface area contributed by atoms with Gasteiger partial charge in [-0.1, -0.05) is 314 Å². The van der Waals surface area contributed by atoms with Gasteiger partial charge in [0.25, 0.3) is 0 Å². The molecule has 78 heavy (non-hydrogen) atoms. The fourth-order valence-electron chi connectivity index (χ4n) is 11.1. The van der Waals surface area contributed by atoms with Crippen LogP contribution in [0.25, 0.3) is 0 Å². The maximum absolute atomic E-state index is 13.1. The number of hydrogen-bond acceptors (Lipinski definition) is 8. The van der Waals surface area contributed by atoms with E-state index < -0.39 is 49.5 Å². The zero-order chi connectivity index (χ0) is 56.5. The molecule has 0 aliphatic carbocycles. The van der Waals surface area contributed by atoms with Crippen molar-refractivity contribution in [2.75, 3.05) is 13.2 Å². The molecule has 0 spiro atoms. The Morgan fingerprint density at radius 1 is 0.423 bits per heavy atom. The van der Waals surface area contributed by atoms with Gasteiger partial charge < -0.3 is 40.3 Å². The molecule has 7 atom stereocenters. The average molecular weight is 1100 g/mol. The number of aliphatic hydroxyl groups excluding tert-OH is 5. The van der Waals surface area contributed by atoms with Crippen LogP contribution in [-0.4, -0.2) is 87.5 Å². The first kappa shape index (κ1) is 74.4. The minimum absolute atomic E-state index is 0.183. The highest BCUT2D eigenvalue weighted by atomic mass is 16.7.